The summed E-state index contributed by atoms with van der Waals surface area (Å²) in [4.78, 5) is 20.0. The molecule has 0 saturated carbocycles. The molecule has 0 radical (unpaired) electrons. The third kappa shape index (κ3) is 2.36. The van der Waals surface area contributed by atoms with Gasteiger partial charge in [-0.05, 0) is 25.1 Å². The molecule has 4 aromatic rings. The molecule has 1 amide bonds. The van der Waals surface area contributed by atoms with Gasteiger partial charge >= 0.3 is 0 Å². The van der Waals surface area contributed by atoms with Crippen LogP contribution in [0.2, 0.25) is 0 Å². The number of aromatic amines is 1. The van der Waals surface area contributed by atoms with Gasteiger partial charge in [0.25, 0.3) is 5.91 Å². The number of carbonyl (C=O) groups is 1. The Morgan fingerprint density at radius 2 is 1.96 bits per heavy atom. The van der Waals surface area contributed by atoms with Crippen LogP contribution in [0.5, 0.6) is 0 Å². The number of rotatable bonds is 3. The van der Waals surface area contributed by atoms with Crippen LogP contribution < -0.4 is 5.32 Å². The first kappa shape index (κ1) is 13.6. The summed E-state index contributed by atoms with van der Waals surface area (Å²) >= 11 is 0. The number of nitrogens with zero attached hydrogens (tertiary/aromatic N) is 1. The van der Waals surface area contributed by atoms with Crippen LogP contribution in [-0.2, 0) is 6.54 Å². The Bertz CT molecular complexity index is 980. The molecule has 0 bridgehead atoms. The second kappa shape index (κ2) is 5.28. The molecule has 0 aliphatic carbocycles. The van der Waals surface area contributed by atoms with Crippen LogP contribution in [-0.4, -0.2) is 15.9 Å². The van der Waals surface area contributed by atoms with Gasteiger partial charge in [-0.1, -0.05) is 30.3 Å². The Morgan fingerprint density at radius 3 is 2.78 bits per heavy atom. The molecule has 0 spiro atoms. The van der Waals surface area contributed by atoms with Crippen molar-refractivity contribution in [1.29, 1.82) is 0 Å². The highest BCUT2D eigenvalue weighted by molar-refractivity contribution is 5.98. The fraction of sp³-hybridized carbons (Fsp3) is 0.111. The molecule has 0 atom stereocenters. The minimum Gasteiger partial charge on any atom is -0.451 e. The number of imidazole rings is 1. The van der Waals surface area contributed by atoms with Crippen LogP contribution in [0.4, 0.5) is 0 Å². The Kier molecular flexibility index (Phi) is 3.12. The number of benzene rings is 2. The number of amides is 1. The molecule has 5 nitrogen and oxygen atoms in total. The highest BCUT2D eigenvalue weighted by atomic mass is 16.3. The first-order chi connectivity index (χ1) is 11.2. The van der Waals surface area contributed by atoms with Gasteiger partial charge in [0.05, 0.1) is 17.6 Å². The molecule has 0 fully saturated rings. The Labute approximate surface area is 132 Å². The van der Waals surface area contributed by atoms with Gasteiger partial charge in [0.2, 0.25) is 0 Å². The molecule has 0 aliphatic rings. The number of aromatic nitrogens is 2. The number of hydrogen-bond acceptors (Lipinski definition) is 3. The average molecular weight is 305 g/mol. The van der Waals surface area contributed by atoms with E-state index in [2.05, 4.69) is 15.3 Å². The summed E-state index contributed by atoms with van der Waals surface area (Å²) in [6.07, 6.45) is 0. The van der Waals surface area contributed by atoms with Crippen molar-refractivity contribution in [3.05, 3.63) is 65.7 Å². The van der Waals surface area contributed by atoms with E-state index in [0.29, 0.717) is 18.1 Å². The van der Waals surface area contributed by atoms with Gasteiger partial charge in [0, 0.05) is 10.9 Å². The molecule has 114 valence electrons. The highest BCUT2D eigenvalue weighted by Crippen LogP contribution is 2.24. The van der Waals surface area contributed by atoms with E-state index in [-0.39, 0.29) is 5.91 Å². The van der Waals surface area contributed by atoms with E-state index in [4.69, 9.17) is 4.42 Å². The molecule has 0 saturated heterocycles. The van der Waals surface area contributed by atoms with Crippen molar-refractivity contribution < 1.29 is 9.21 Å². The number of H-pyrrole nitrogens is 1. The highest BCUT2D eigenvalue weighted by Gasteiger charge is 2.17. The Balaban J connectivity index is 1.56. The lowest BCUT2D eigenvalue weighted by Gasteiger charge is -2.01. The van der Waals surface area contributed by atoms with Crippen molar-refractivity contribution in [2.45, 2.75) is 13.5 Å². The third-order valence-corrected chi connectivity index (χ3v) is 3.90. The monoisotopic (exact) mass is 305 g/mol. The van der Waals surface area contributed by atoms with Gasteiger partial charge in [0.15, 0.2) is 5.76 Å². The molecule has 4 rings (SSSR count). The standard InChI is InChI=1S/C18H15N3O2/c1-11-12-6-2-5-9-15(12)23-17(11)18(22)19-10-16-20-13-7-3-4-8-14(13)21-16/h2-9H,10H2,1H3,(H,19,22)(H,20,21). The maximum Gasteiger partial charge on any atom is 0.287 e. The first-order valence-corrected chi connectivity index (χ1v) is 7.42. The number of aryl methyl sites for hydroxylation is 1. The fourth-order valence-corrected chi connectivity index (χ4v) is 2.72. The molecule has 0 unspecified atom stereocenters. The molecule has 2 aromatic heterocycles. The summed E-state index contributed by atoms with van der Waals surface area (Å²) in [7, 11) is 0. The molecule has 2 heterocycles. The molecular weight excluding hydrogens is 290 g/mol. The predicted molar refractivity (Wildman–Crippen MR) is 88.2 cm³/mol. The zero-order valence-corrected chi connectivity index (χ0v) is 12.6. The van der Waals surface area contributed by atoms with Crippen molar-refractivity contribution in [3.8, 4) is 0 Å². The van der Waals surface area contributed by atoms with Crippen molar-refractivity contribution in [1.82, 2.24) is 15.3 Å². The SMILES string of the molecule is Cc1c(C(=O)NCc2nc3ccccc3[nH]2)oc2ccccc12. The number of hydrogen-bond donors (Lipinski definition) is 2. The fourth-order valence-electron chi connectivity index (χ4n) is 2.72. The Hall–Kier alpha value is -3.08. The van der Waals surface area contributed by atoms with Crippen molar-refractivity contribution >= 4 is 27.9 Å². The van der Waals surface area contributed by atoms with Crippen LogP contribution in [0.25, 0.3) is 22.0 Å². The minimum atomic E-state index is -0.237. The van der Waals surface area contributed by atoms with Crippen LogP contribution in [0.3, 0.4) is 0 Å². The molecule has 2 N–H and O–H groups in total. The zero-order valence-electron chi connectivity index (χ0n) is 12.6. The second-order valence-corrected chi connectivity index (χ2v) is 5.44. The summed E-state index contributed by atoms with van der Waals surface area (Å²) < 4.78 is 5.67. The summed E-state index contributed by atoms with van der Waals surface area (Å²) in [6.45, 7) is 2.21. The topological polar surface area (TPSA) is 70.9 Å². The van der Waals surface area contributed by atoms with Crippen LogP contribution in [0, 0.1) is 6.92 Å². The smallest absolute Gasteiger partial charge is 0.287 e. The number of furan rings is 1. The van der Waals surface area contributed by atoms with E-state index in [9.17, 15) is 4.79 Å². The maximum atomic E-state index is 12.4. The van der Waals surface area contributed by atoms with Gasteiger partial charge in [-0.3, -0.25) is 4.79 Å². The van der Waals surface area contributed by atoms with Crippen molar-refractivity contribution in [3.63, 3.8) is 0 Å². The van der Waals surface area contributed by atoms with Crippen molar-refractivity contribution in [2.75, 3.05) is 0 Å². The quantitative estimate of drug-likeness (QED) is 0.608. The van der Waals surface area contributed by atoms with Gasteiger partial charge in [-0.15, -0.1) is 0 Å². The third-order valence-electron chi connectivity index (χ3n) is 3.90. The van der Waals surface area contributed by atoms with E-state index in [0.717, 1.165) is 27.6 Å². The van der Waals surface area contributed by atoms with Crippen molar-refractivity contribution in [2.24, 2.45) is 0 Å². The van der Waals surface area contributed by atoms with E-state index in [1.807, 2.05) is 55.5 Å². The average Bonchev–Trinajstić information content (AvgIpc) is 3.14. The van der Waals surface area contributed by atoms with Gasteiger partial charge in [-0.25, -0.2) is 4.98 Å². The lowest BCUT2D eigenvalue weighted by Crippen LogP contribution is -2.23. The summed E-state index contributed by atoms with van der Waals surface area (Å²) in [6, 6.07) is 15.4. The van der Waals surface area contributed by atoms with E-state index >= 15 is 0 Å². The number of carbonyl (C=O) groups excluding carboxylic acids is 1. The number of fused-ring (bicyclic) bond motifs is 2. The minimum absolute atomic E-state index is 0.237. The first-order valence-electron chi connectivity index (χ1n) is 7.42. The second-order valence-electron chi connectivity index (χ2n) is 5.44. The van der Waals surface area contributed by atoms with Crippen LogP contribution in [0.15, 0.2) is 52.9 Å². The summed E-state index contributed by atoms with van der Waals surface area (Å²) in [5, 5.41) is 3.81. The van der Waals surface area contributed by atoms with E-state index in [1.165, 1.54) is 0 Å². The molecule has 5 heteroatoms. The van der Waals surface area contributed by atoms with Gasteiger partial charge < -0.3 is 14.7 Å². The van der Waals surface area contributed by atoms with Gasteiger partial charge in [0.1, 0.15) is 11.4 Å². The van der Waals surface area contributed by atoms with E-state index < -0.39 is 0 Å². The van der Waals surface area contributed by atoms with Crippen LogP contribution in [0.1, 0.15) is 21.9 Å². The molecule has 0 aliphatic heterocycles. The van der Waals surface area contributed by atoms with Crippen LogP contribution >= 0.6 is 0 Å². The van der Waals surface area contributed by atoms with Gasteiger partial charge in [-0.2, -0.15) is 0 Å². The largest absolute Gasteiger partial charge is 0.451 e. The zero-order chi connectivity index (χ0) is 15.8. The molecule has 23 heavy (non-hydrogen) atoms. The van der Waals surface area contributed by atoms with E-state index in [1.54, 1.807) is 0 Å². The predicted octanol–water partition coefficient (Wildman–Crippen LogP) is 3.55. The maximum absolute atomic E-state index is 12.4. The lowest BCUT2D eigenvalue weighted by molar-refractivity contribution is 0.0923. The molecular formula is C18H15N3O2. The summed E-state index contributed by atoms with van der Waals surface area (Å²) in [5.41, 5.74) is 3.41. The number of para-hydroxylation sites is 3. The normalized spacial score (nSPS) is 11.2. The lowest BCUT2D eigenvalue weighted by atomic mass is 10.1. The Morgan fingerprint density at radius 1 is 1.17 bits per heavy atom. The molecule has 2 aromatic carbocycles. The number of nitrogens with one attached hydrogen (secondary N) is 2. The summed E-state index contributed by atoms with van der Waals surface area (Å²) in [5.74, 6) is 0.829.